The smallest absolute Gasteiger partial charge is 0.287 e. The van der Waals surface area contributed by atoms with Gasteiger partial charge in [0, 0.05) is 30.0 Å². The highest BCUT2D eigenvalue weighted by Gasteiger charge is 2.40. The van der Waals surface area contributed by atoms with Crippen LogP contribution in [0.15, 0.2) is 35.0 Å². The highest BCUT2D eigenvalue weighted by atomic mass is 35.5. The van der Waals surface area contributed by atoms with Crippen molar-refractivity contribution in [2.45, 2.75) is 31.8 Å². The Morgan fingerprint density at radius 2 is 2.12 bits per heavy atom. The number of aromatic nitrogens is 1. The number of furan rings is 1. The van der Waals surface area contributed by atoms with Crippen LogP contribution in [0.3, 0.4) is 0 Å². The lowest BCUT2D eigenvalue weighted by Gasteiger charge is -2.49. The zero-order chi connectivity index (χ0) is 16.7. The number of fused-ring (bicyclic) bond motifs is 3. The number of nitrogens with zero attached hydrogens (tertiary/aromatic N) is 2. The van der Waals surface area contributed by atoms with Crippen LogP contribution in [0.1, 0.15) is 30.3 Å². The van der Waals surface area contributed by atoms with E-state index in [1.807, 2.05) is 0 Å². The van der Waals surface area contributed by atoms with Gasteiger partial charge >= 0.3 is 0 Å². The van der Waals surface area contributed by atoms with E-state index >= 15 is 0 Å². The molecule has 5 heterocycles. The largest absolute Gasteiger partial charge is 0.451 e. The molecule has 5 nitrogen and oxygen atoms in total. The van der Waals surface area contributed by atoms with Crippen LogP contribution in [0, 0.1) is 5.92 Å². The maximum Gasteiger partial charge on any atom is 0.287 e. The summed E-state index contributed by atoms with van der Waals surface area (Å²) in [7, 11) is 0. The molecule has 3 aliphatic heterocycles. The summed E-state index contributed by atoms with van der Waals surface area (Å²) in [5.74, 6) is 1.31. The van der Waals surface area contributed by atoms with Crippen molar-refractivity contribution in [3.63, 3.8) is 0 Å². The first-order valence-electron chi connectivity index (χ1n) is 8.38. The van der Waals surface area contributed by atoms with Crippen LogP contribution in [0.25, 0.3) is 11.3 Å². The third kappa shape index (κ3) is 2.72. The van der Waals surface area contributed by atoms with Crippen molar-refractivity contribution in [2.75, 3.05) is 13.1 Å². The van der Waals surface area contributed by atoms with Crippen molar-refractivity contribution in [2.24, 2.45) is 5.92 Å². The predicted octanol–water partition coefficient (Wildman–Crippen LogP) is 3.21. The number of amides is 1. The molecular weight excluding hydrogens is 326 g/mol. The number of carbonyl (C=O) groups is 1. The van der Waals surface area contributed by atoms with Gasteiger partial charge < -0.3 is 9.73 Å². The van der Waals surface area contributed by atoms with Gasteiger partial charge in [0.2, 0.25) is 0 Å². The molecule has 3 fully saturated rings. The summed E-state index contributed by atoms with van der Waals surface area (Å²) >= 11 is 6.14. The van der Waals surface area contributed by atoms with E-state index in [4.69, 9.17) is 16.0 Å². The molecule has 2 bridgehead atoms. The first-order chi connectivity index (χ1) is 11.6. The highest BCUT2D eigenvalue weighted by Crippen LogP contribution is 2.33. The molecule has 24 heavy (non-hydrogen) atoms. The fraction of sp³-hybridized carbons (Fsp3) is 0.444. The maximum absolute atomic E-state index is 12.6. The Labute approximate surface area is 146 Å². The first kappa shape index (κ1) is 15.7. The molecule has 3 aliphatic rings. The van der Waals surface area contributed by atoms with Crippen LogP contribution in [-0.2, 0) is 0 Å². The van der Waals surface area contributed by atoms with Gasteiger partial charge in [-0.3, -0.25) is 14.7 Å². The Kier molecular flexibility index (Phi) is 4.06. The van der Waals surface area contributed by atoms with Gasteiger partial charge in [-0.25, -0.2) is 0 Å². The Bertz CT molecular complexity index is 750. The quantitative estimate of drug-likeness (QED) is 0.928. The molecule has 0 radical (unpaired) electrons. The Balaban J connectivity index is 1.51. The maximum atomic E-state index is 12.6. The lowest BCUT2D eigenvalue weighted by molar-refractivity contribution is 0.0211. The molecule has 0 aromatic carbocycles. The van der Waals surface area contributed by atoms with Crippen LogP contribution in [0.2, 0.25) is 5.02 Å². The van der Waals surface area contributed by atoms with Crippen LogP contribution < -0.4 is 5.32 Å². The van der Waals surface area contributed by atoms with E-state index in [1.165, 1.54) is 0 Å². The van der Waals surface area contributed by atoms with E-state index in [1.54, 1.807) is 30.6 Å². The summed E-state index contributed by atoms with van der Waals surface area (Å²) in [5.41, 5.74) is 0.738. The van der Waals surface area contributed by atoms with Crippen LogP contribution in [0.4, 0.5) is 0 Å². The van der Waals surface area contributed by atoms with E-state index in [9.17, 15) is 4.79 Å². The molecule has 126 valence electrons. The number of nitrogens with one attached hydrogen (secondary N) is 1. The van der Waals surface area contributed by atoms with E-state index in [0.29, 0.717) is 28.5 Å². The molecule has 0 saturated carbocycles. The van der Waals surface area contributed by atoms with Gasteiger partial charge in [0.15, 0.2) is 5.76 Å². The van der Waals surface area contributed by atoms with Gasteiger partial charge in [0.25, 0.3) is 5.91 Å². The zero-order valence-electron chi connectivity index (χ0n) is 13.5. The van der Waals surface area contributed by atoms with Crippen molar-refractivity contribution >= 4 is 17.5 Å². The molecule has 6 heteroatoms. The Morgan fingerprint density at radius 1 is 1.33 bits per heavy atom. The molecule has 1 amide bonds. The average molecular weight is 346 g/mol. The van der Waals surface area contributed by atoms with E-state index in [-0.39, 0.29) is 11.9 Å². The summed E-state index contributed by atoms with van der Waals surface area (Å²) in [6, 6.07) is 5.82. The molecule has 2 unspecified atom stereocenters. The number of hydrogen-bond acceptors (Lipinski definition) is 4. The van der Waals surface area contributed by atoms with Crippen molar-refractivity contribution in [3.05, 3.63) is 41.4 Å². The van der Waals surface area contributed by atoms with Gasteiger partial charge in [-0.05, 0) is 57.0 Å². The zero-order valence-corrected chi connectivity index (χ0v) is 14.3. The minimum atomic E-state index is -0.156. The second-order valence-corrected chi connectivity index (χ2v) is 7.04. The molecule has 2 atom stereocenters. The number of pyridine rings is 1. The monoisotopic (exact) mass is 345 g/mol. The normalized spacial score (nSPS) is 28.8. The van der Waals surface area contributed by atoms with Crippen molar-refractivity contribution in [1.82, 2.24) is 15.2 Å². The minimum absolute atomic E-state index is 0.156. The van der Waals surface area contributed by atoms with Crippen molar-refractivity contribution in [1.29, 1.82) is 0 Å². The Morgan fingerprint density at radius 3 is 2.83 bits per heavy atom. The second-order valence-electron chi connectivity index (χ2n) is 6.63. The van der Waals surface area contributed by atoms with Gasteiger partial charge in [-0.15, -0.1) is 0 Å². The number of carbonyl (C=O) groups excluding carboxylic acids is 1. The Hall–Kier alpha value is -1.85. The van der Waals surface area contributed by atoms with Crippen LogP contribution in [-0.4, -0.2) is 41.0 Å². The molecule has 0 spiro atoms. The fourth-order valence-corrected chi connectivity index (χ4v) is 4.16. The molecule has 2 aromatic rings. The van der Waals surface area contributed by atoms with Gasteiger partial charge in [0.1, 0.15) is 5.76 Å². The van der Waals surface area contributed by atoms with Gasteiger partial charge in [0.05, 0.1) is 5.02 Å². The minimum Gasteiger partial charge on any atom is -0.451 e. The van der Waals surface area contributed by atoms with Gasteiger partial charge in [-0.2, -0.15) is 0 Å². The van der Waals surface area contributed by atoms with E-state index < -0.39 is 0 Å². The summed E-state index contributed by atoms with van der Waals surface area (Å²) in [5, 5.41) is 3.68. The summed E-state index contributed by atoms with van der Waals surface area (Å²) < 4.78 is 5.73. The average Bonchev–Trinajstić information content (AvgIpc) is 3.09. The number of rotatable bonds is 3. The van der Waals surface area contributed by atoms with Crippen molar-refractivity contribution in [3.8, 4) is 11.3 Å². The fourth-order valence-electron chi connectivity index (χ4n) is 3.95. The summed E-state index contributed by atoms with van der Waals surface area (Å²) in [6.45, 7) is 4.48. The SMILES string of the molecule is CC1C(NC(=O)c2ccc(-c3ccncc3Cl)o2)C2CCN1CC2. The van der Waals surface area contributed by atoms with Crippen molar-refractivity contribution < 1.29 is 9.21 Å². The molecule has 2 aromatic heterocycles. The number of halogens is 1. The van der Waals surface area contributed by atoms with Crippen LogP contribution >= 0.6 is 11.6 Å². The third-order valence-corrected chi connectivity index (χ3v) is 5.64. The lowest BCUT2D eigenvalue weighted by atomic mass is 9.79. The summed E-state index contributed by atoms with van der Waals surface area (Å²) in [6.07, 6.45) is 5.53. The molecular formula is C18H20ClN3O2. The molecule has 1 N–H and O–H groups in total. The molecule has 5 rings (SSSR count). The second kappa shape index (κ2) is 6.22. The number of hydrogen-bond donors (Lipinski definition) is 1. The lowest BCUT2D eigenvalue weighted by Crippen LogP contribution is -2.62. The third-order valence-electron chi connectivity index (χ3n) is 5.34. The van der Waals surface area contributed by atoms with Gasteiger partial charge in [-0.1, -0.05) is 11.6 Å². The standard InChI is InChI=1S/C18H20ClN3O2/c1-11-17(12-5-8-22(11)9-6-12)21-18(23)16-3-2-15(24-16)13-4-7-20-10-14(13)19/h2-4,7,10-12,17H,5-6,8-9H2,1H3,(H,21,23). The molecule has 0 aliphatic carbocycles. The highest BCUT2D eigenvalue weighted by molar-refractivity contribution is 6.33. The topological polar surface area (TPSA) is 58.4 Å². The van der Waals surface area contributed by atoms with E-state index in [0.717, 1.165) is 31.5 Å². The predicted molar refractivity (Wildman–Crippen MR) is 92.0 cm³/mol. The summed E-state index contributed by atoms with van der Waals surface area (Å²) in [4.78, 5) is 19.0. The molecule has 3 saturated heterocycles. The first-order valence-corrected chi connectivity index (χ1v) is 8.76. The van der Waals surface area contributed by atoms with E-state index in [2.05, 4.69) is 22.1 Å². The van der Waals surface area contributed by atoms with Crippen LogP contribution in [0.5, 0.6) is 0 Å². The number of piperidine rings is 3.